The fourth-order valence-electron chi connectivity index (χ4n) is 4.63. The molecule has 0 saturated carbocycles. The molecule has 2 aromatic carbocycles. The van der Waals surface area contributed by atoms with E-state index in [1.54, 1.807) is 4.90 Å². The molecule has 5 heteroatoms. The minimum absolute atomic E-state index is 0.165. The van der Waals surface area contributed by atoms with Crippen LogP contribution in [0.5, 0.6) is 0 Å². The van der Waals surface area contributed by atoms with Crippen LogP contribution in [0.25, 0.3) is 10.8 Å². The Labute approximate surface area is 166 Å². The molecule has 150 valence electrons. The lowest BCUT2D eigenvalue weighted by Crippen LogP contribution is -2.64. The smallest absolute Gasteiger partial charge is 0.410 e. The van der Waals surface area contributed by atoms with Gasteiger partial charge in [0.25, 0.3) is 0 Å². The molecular formula is C23H29NO4. The van der Waals surface area contributed by atoms with Gasteiger partial charge in [0.2, 0.25) is 0 Å². The Balaban J connectivity index is 1.57. The number of carbonyl (C=O) groups excluding carboxylic acids is 1. The highest BCUT2D eigenvalue weighted by atomic mass is 16.6. The van der Waals surface area contributed by atoms with Crippen molar-refractivity contribution in [3.8, 4) is 0 Å². The number of fused-ring (bicyclic) bond motifs is 3. The lowest BCUT2D eigenvalue weighted by Gasteiger charge is -2.51. The monoisotopic (exact) mass is 383 g/mol. The van der Waals surface area contributed by atoms with Crippen LogP contribution in [0.4, 0.5) is 4.79 Å². The van der Waals surface area contributed by atoms with E-state index in [4.69, 9.17) is 9.47 Å². The van der Waals surface area contributed by atoms with E-state index >= 15 is 0 Å². The maximum atomic E-state index is 12.7. The number of hydrogen-bond acceptors (Lipinski definition) is 4. The highest BCUT2D eigenvalue weighted by molar-refractivity contribution is 5.85. The van der Waals surface area contributed by atoms with Crippen molar-refractivity contribution in [2.24, 2.45) is 0 Å². The van der Waals surface area contributed by atoms with Gasteiger partial charge in [-0.15, -0.1) is 0 Å². The summed E-state index contributed by atoms with van der Waals surface area (Å²) < 4.78 is 11.3. The average molecular weight is 383 g/mol. The van der Waals surface area contributed by atoms with Gasteiger partial charge < -0.3 is 14.6 Å². The SMILES string of the molecule is CC(C)(C)OC(=O)N1C2COCC1CC(O)(Cc1cccc3ccccc13)C2. The number of morpholine rings is 1. The third-order valence-electron chi connectivity index (χ3n) is 5.64. The maximum Gasteiger partial charge on any atom is 0.410 e. The number of aliphatic hydroxyl groups is 1. The molecule has 0 radical (unpaired) electrons. The summed E-state index contributed by atoms with van der Waals surface area (Å²) in [5.41, 5.74) is -0.254. The minimum Gasteiger partial charge on any atom is -0.444 e. The third kappa shape index (κ3) is 3.87. The fourth-order valence-corrected chi connectivity index (χ4v) is 4.63. The molecule has 2 aliphatic rings. The van der Waals surface area contributed by atoms with Crippen LogP contribution in [-0.4, -0.2) is 52.6 Å². The summed E-state index contributed by atoms with van der Waals surface area (Å²) in [6.07, 6.45) is 1.25. The van der Waals surface area contributed by atoms with Gasteiger partial charge in [-0.2, -0.15) is 0 Å². The lowest BCUT2D eigenvalue weighted by molar-refractivity contribution is -0.137. The molecule has 2 aliphatic heterocycles. The van der Waals surface area contributed by atoms with Gasteiger partial charge in [-0.1, -0.05) is 42.5 Å². The zero-order chi connectivity index (χ0) is 19.9. The number of piperidine rings is 1. The second kappa shape index (κ2) is 7.05. The van der Waals surface area contributed by atoms with Gasteiger partial charge >= 0.3 is 6.09 Å². The molecule has 1 N–H and O–H groups in total. The van der Waals surface area contributed by atoms with Crippen molar-refractivity contribution in [2.75, 3.05) is 13.2 Å². The highest BCUT2D eigenvalue weighted by Crippen LogP contribution is 2.38. The first kappa shape index (κ1) is 19.2. The Morgan fingerprint density at radius 1 is 1.14 bits per heavy atom. The zero-order valence-corrected chi connectivity index (χ0v) is 16.9. The van der Waals surface area contributed by atoms with Gasteiger partial charge in [0.05, 0.1) is 30.9 Å². The number of ether oxygens (including phenoxy) is 2. The van der Waals surface area contributed by atoms with E-state index < -0.39 is 11.2 Å². The molecule has 2 atom stereocenters. The van der Waals surface area contributed by atoms with E-state index in [9.17, 15) is 9.90 Å². The standard InChI is InChI=1S/C23H29NO4/c1-22(2,3)28-21(25)24-18-12-23(26,13-19(24)15-27-14-18)11-17-9-6-8-16-7-4-5-10-20(16)17/h4-10,18-19,26H,11-15H2,1-3H3. The molecule has 2 bridgehead atoms. The quantitative estimate of drug-likeness (QED) is 0.854. The van der Waals surface area contributed by atoms with E-state index in [1.807, 2.05) is 39.0 Å². The lowest BCUT2D eigenvalue weighted by atomic mass is 9.77. The predicted molar refractivity (Wildman–Crippen MR) is 108 cm³/mol. The fraction of sp³-hybridized carbons (Fsp3) is 0.522. The van der Waals surface area contributed by atoms with E-state index in [0.717, 1.165) is 5.56 Å². The molecule has 5 nitrogen and oxygen atoms in total. The van der Waals surface area contributed by atoms with E-state index in [-0.39, 0.29) is 18.2 Å². The topological polar surface area (TPSA) is 59.0 Å². The van der Waals surface area contributed by atoms with Gasteiger partial charge in [0.15, 0.2) is 0 Å². The van der Waals surface area contributed by atoms with Crippen LogP contribution in [-0.2, 0) is 15.9 Å². The summed E-state index contributed by atoms with van der Waals surface area (Å²) >= 11 is 0. The molecular weight excluding hydrogens is 354 g/mol. The van der Waals surface area contributed by atoms with E-state index in [2.05, 4.69) is 24.3 Å². The molecule has 0 aliphatic carbocycles. The van der Waals surface area contributed by atoms with Crippen LogP contribution in [0.2, 0.25) is 0 Å². The minimum atomic E-state index is -0.859. The molecule has 0 spiro atoms. The second-order valence-corrected chi connectivity index (χ2v) is 9.18. The Kier molecular flexibility index (Phi) is 4.84. The van der Waals surface area contributed by atoms with Crippen LogP contribution in [0, 0.1) is 0 Å². The predicted octanol–water partition coefficient (Wildman–Crippen LogP) is 3.91. The number of rotatable bonds is 2. The van der Waals surface area contributed by atoms with Crippen molar-refractivity contribution >= 4 is 16.9 Å². The molecule has 4 rings (SSSR count). The highest BCUT2D eigenvalue weighted by Gasteiger charge is 2.49. The van der Waals surface area contributed by atoms with Crippen LogP contribution < -0.4 is 0 Å². The van der Waals surface area contributed by atoms with Crippen LogP contribution >= 0.6 is 0 Å². The molecule has 2 aromatic rings. The molecule has 2 saturated heterocycles. The van der Waals surface area contributed by atoms with E-state index in [0.29, 0.717) is 32.5 Å². The molecule has 2 unspecified atom stereocenters. The zero-order valence-electron chi connectivity index (χ0n) is 16.9. The average Bonchev–Trinajstić information content (AvgIpc) is 2.59. The molecule has 1 amide bonds. The number of benzene rings is 2. The Hall–Kier alpha value is -2.11. The first-order valence-electron chi connectivity index (χ1n) is 10.0. The first-order chi connectivity index (χ1) is 13.2. The number of amides is 1. The first-order valence-corrected chi connectivity index (χ1v) is 10.0. The number of carbonyl (C=O) groups is 1. The summed E-state index contributed by atoms with van der Waals surface area (Å²) in [5, 5.41) is 13.8. The van der Waals surface area contributed by atoms with Crippen LogP contribution in [0.15, 0.2) is 42.5 Å². The largest absolute Gasteiger partial charge is 0.444 e. The second-order valence-electron chi connectivity index (χ2n) is 9.18. The van der Waals surface area contributed by atoms with Crippen molar-refractivity contribution < 1.29 is 19.4 Å². The molecule has 0 aromatic heterocycles. The molecule has 28 heavy (non-hydrogen) atoms. The Bertz CT molecular complexity index is 853. The molecule has 2 fully saturated rings. The summed E-state index contributed by atoms with van der Waals surface area (Å²) in [7, 11) is 0. The third-order valence-corrected chi connectivity index (χ3v) is 5.64. The van der Waals surface area contributed by atoms with E-state index in [1.165, 1.54) is 10.8 Å². The van der Waals surface area contributed by atoms with Crippen molar-refractivity contribution in [1.82, 2.24) is 4.90 Å². The summed E-state index contributed by atoms with van der Waals surface area (Å²) in [4.78, 5) is 14.5. The maximum absolute atomic E-state index is 12.7. The molecule has 2 heterocycles. The van der Waals surface area contributed by atoms with Gasteiger partial charge in [-0.05, 0) is 49.9 Å². The van der Waals surface area contributed by atoms with Gasteiger partial charge in [0.1, 0.15) is 5.60 Å². The Morgan fingerprint density at radius 2 is 1.79 bits per heavy atom. The van der Waals surface area contributed by atoms with Crippen molar-refractivity contribution in [1.29, 1.82) is 0 Å². The van der Waals surface area contributed by atoms with Gasteiger partial charge in [-0.25, -0.2) is 4.79 Å². The van der Waals surface area contributed by atoms with Crippen molar-refractivity contribution in [2.45, 2.75) is 63.3 Å². The summed E-state index contributed by atoms with van der Waals surface area (Å²) in [6, 6.07) is 14.2. The van der Waals surface area contributed by atoms with Crippen LogP contribution in [0.1, 0.15) is 39.2 Å². The summed E-state index contributed by atoms with van der Waals surface area (Å²) in [6.45, 7) is 6.50. The van der Waals surface area contributed by atoms with Gasteiger partial charge in [0, 0.05) is 6.42 Å². The van der Waals surface area contributed by atoms with Crippen LogP contribution in [0.3, 0.4) is 0 Å². The van der Waals surface area contributed by atoms with Gasteiger partial charge in [-0.3, -0.25) is 4.90 Å². The van der Waals surface area contributed by atoms with Crippen molar-refractivity contribution in [3.05, 3.63) is 48.0 Å². The number of nitrogens with zero attached hydrogens (tertiary/aromatic N) is 1. The summed E-state index contributed by atoms with van der Waals surface area (Å²) in [5.74, 6) is 0. The van der Waals surface area contributed by atoms with Crippen molar-refractivity contribution in [3.63, 3.8) is 0 Å². The normalized spacial score (nSPS) is 27.6. The number of hydrogen-bond donors (Lipinski definition) is 1. The Morgan fingerprint density at radius 3 is 2.46 bits per heavy atom.